The Morgan fingerprint density at radius 2 is 1.94 bits per heavy atom. The normalized spacial score (nSPS) is 11.6. The predicted octanol–water partition coefficient (Wildman–Crippen LogP) is 0.688. The van der Waals surface area contributed by atoms with E-state index in [1.54, 1.807) is 0 Å². The summed E-state index contributed by atoms with van der Waals surface area (Å²) in [6.07, 6.45) is 0. The summed E-state index contributed by atoms with van der Waals surface area (Å²) in [6.45, 7) is 1.48. The van der Waals surface area contributed by atoms with Gasteiger partial charge >= 0.3 is 5.97 Å². The Morgan fingerprint density at radius 1 is 1.31 bits per heavy atom. The zero-order valence-corrected chi connectivity index (χ0v) is 8.93. The lowest BCUT2D eigenvalue weighted by Crippen LogP contribution is -2.41. The highest BCUT2D eigenvalue weighted by molar-refractivity contribution is 5.85. The molecule has 0 bridgehead atoms. The molecule has 0 saturated heterocycles. The van der Waals surface area contributed by atoms with Gasteiger partial charge in [-0.25, -0.2) is 0 Å². The van der Waals surface area contributed by atoms with Crippen LogP contribution in [0, 0.1) is 0 Å². The first-order valence-corrected chi connectivity index (χ1v) is 4.90. The van der Waals surface area contributed by atoms with Crippen LogP contribution in [0.3, 0.4) is 0 Å². The van der Waals surface area contributed by atoms with Crippen molar-refractivity contribution in [2.75, 3.05) is 11.9 Å². The second kappa shape index (κ2) is 5.75. The van der Waals surface area contributed by atoms with Crippen molar-refractivity contribution in [1.29, 1.82) is 0 Å². The number of carbonyl (C=O) groups excluding carboxylic acids is 1. The molecule has 16 heavy (non-hydrogen) atoms. The molecule has 0 radical (unpaired) electrons. The van der Waals surface area contributed by atoms with E-state index < -0.39 is 12.0 Å². The largest absolute Gasteiger partial charge is 0.480 e. The summed E-state index contributed by atoms with van der Waals surface area (Å²) < 4.78 is 0. The van der Waals surface area contributed by atoms with Crippen molar-refractivity contribution in [3.05, 3.63) is 30.3 Å². The highest BCUT2D eigenvalue weighted by Crippen LogP contribution is 2.03. The van der Waals surface area contributed by atoms with E-state index in [9.17, 15) is 9.59 Å². The Kier molecular flexibility index (Phi) is 4.32. The molecule has 0 aliphatic carbocycles. The van der Waals surface area contributed by atoms with E-state index in [-0.39, 0.29) is 12.5 Å². The number of rotatable bonds is 5. The van der Waals surface area contributed by atoms with E-state index in [0.29, 0.717) is 0 Å². The zero-order valence-electron chi connectivity index (χ0n) is 8.93. The molecular formula is C11H14N2O3. The zero-order chi connectivity index (χ0) is 12.0. The molecular weight excluding hydrogens is 208 g/mol. The molecule has 0 heterocycles. The maximum atomic E-state index is 11.3. The maximum Gasteiger partial charge on any atom is 0.325 e. The Labute approximate surface area is 93.5 Å². The Bertz CT molecular complexity index is 365. The summed E-state index contributed by atoms with van der Waals surface area (Å²) in [5.41, 5.74) is 0.820. The van der Waals surface area contributed by atoms with Crippen LogP contribution in [0.2, 0.25) is 0 Å². The lowest BCUT2D eigenvalue weighted by molar-refractivity contribution is -0.141. The highest BCUT2D eigenvalue weighted by atomic mass is 16.4. The van der Waals surface area contributed by atoms with Crippen LogP contribution in [0.4, 0.5) is 5.69 Å². The first kappa shape index (κ1) is 12.0. The van der Waals surface area contributed by atoms with Gasteiger partial charge in [0.2, 0.25) is 5.91 Å². The fourth-order valence-electron chi connectivity index (χ4n) is 1.09. The lowest BCUT2D eigenvalue weighted by Gasteiger charge is -2.10. The van der Waals surface area contributed by atoms with Crippen LogP contribution < -0.4 is 10.6 Å². The molecule has 1 aromatic rings. The number of benzene rings is 1. The number of hydrogen-bond acceptors (Lipinski definition) is 3. The van der Waals surface area contributed by atoms with Gasteiger partial charge in [-0.05, 0) is 19.1 Å². The number of amides is 1. The summed E-state index contributed by atoms with van der Waals surface area (Å²) in [5.74, 6) is -1.40. The van der Waals surface area contributed by atoms with Gasteiger partial charge in [-0.1, -0.05) is 18.2 Å². The minimum absolute atomic E-state index is 0.0572. The smallest absolute Gasteiger partial charge is 0.325 e. The molecule has 5 nitrogen and oxygen atoms in total. The minimum Gasteiger partial charge on any atom is -0.480 e. The van der Waals surface area contributed by atoms with Gasteiger partial charge < -0.3 is 15.7 Å². The molecule has 0 aliphatic heterocycles. The second-order valence-corrected chi connectivity index (χ2v) is 3.35. The number of carboxylic acid groups (broad SMARTS) is 1. The fraction of sp³-hybridized carbons (Fsp3) is 0.273. The molecule has 0 aromatic heterocycles. The predicted molar refractivity (Wildman–Crippen MR) is 60.2 cm³/mol. The summed E-state index contributed by atoms with van der Waals surface area (Å²) in [7, 11) is 0. The van der Waals surface area contributed by atoms with Crippen LogP contribution in [0.25, 0.3) is 0 Å². The standard InChI is InChI=1S/C11H14N2O3/c1-8(11(15)16)13-10(14)7-12-9-5-3-2-4-6-9/h2-6,8,12H,7H2,1H3,(H,13,14)(H,15,16)/t8-/m0/s1. The Morgan fingerprint density at radius 3 is 2.50 bits per heavy atom. The minimum atomic E-state index is -1.05. The second-order valence-electron chi connectivity index (χ2n) is 3.35. The molecule has 3 N–H and O–H groups in total. The Balaban J connectivity index is 2.33. The number of carboxylic acids is 1. The van der Waals surface area contributed by atoms with Gasteiger partial charge in [0.1, 0.15) is 6.04 Å². The van der Waals surface area contributed by atoms with Gasteiger partial charge in [-0.2, -0.15) is 0 Å². The van der Waals surface area contributed by atoms with Gasteiger partial charge in [-0.3, -0.25) is 9.59 Å². The SMILES string of the molecule is C[C@H](NC(=O)CNc1ccccc1)C(=O)O. The van der Waals surface area contributed by atoms with Crippen LogP contribution in [-0.4, -0.2) is 29.6 Å². The number of para-hydroxylation sites is 1. The molecule has 0 aliphatic rings. The first-order chi connectivity index (χ1) is 7.59. The lowest BCUT2D eigenvalue weighted by atomic mass is 10.3. The van der Waals surface area contributed by atoms with E-state index in [2.05, 4.69) is 10.6 Å². The third kappa shape index (κ3) is 4.00. The molecule has 1 atom stereocenters. The van der Waals surface area contributed by atoms with E-state index in [1.165, 1.54) is 6.92 Å². The van der Waals surface area contributed by atoms with Crippen LogP contribution in [0.1, 0.15) is 6.92 Å². The third-order valence-corrected chi connectivity index (χ3v) is 1.97. The molecule has 86 valence electrons. The topological polar surface area (TPSA) is 78.4 Å². The maximum absolute atomic E-state index is 11.3. The summed E-state index contributed by atoms with van der Waals surface area (Å²) in [4.78, 5) is 21.8. The molecule has 5 heteroatoms. The van der Waals surface area contributed by atoms with Crippen molar-refractivity contribution in [1.82, 2.24) is 5.32 Å². The fourth-order valence-corrected chi connectivity index (χ4v) is 1.09. The van der Waals surface area contributed by atoms with E-state index in [4.69, 9.17) is 5.11 Å². The van der Waals surface area contributed by atoms with E-state index >= 15 is 0 Å². The Hall–Kier alpha value is -2.04. The average Bonchev–Trinajstić information content (AvgIpc) is 2.27. The molecule has 0 fully saturated rings. The van der Waals surface area contributed by atoms with Gasteiger partial charge in [0.05, 0.1) is 6.54 Å². The molecule has 1 rings (SSSR count). The van der Waals surface area contributed by atoms with Crippen LogP contribution in [0.15, 0.2) is 30.3 Å². The first-order valence-electron chi connectivity index (χ1n) is 4.90. The molecule has 0 unspecified atom stereocenters. The third-order valence-electron chi connectivity index (χ3n) is 1.97. The molecule has 0 saturated carbocycles. The monoisotopic (exact) mass is 222 g/mol. The molecule has 1 aromatic carbocycles. The van der Waals surface area contributed by atoms with Gasteiger partial charge in [0, 0.05) is 5.69 Å². The van der Waals surface area contributed by atoms with Gasteiger partial charge in [0.25, 0.3) is 0 Å². The quantitative estimate of drug-likeness (QED) is 0.684. The van der Waals surface area contributed by atoms with Crippen molar-refractivity contribution >= 4 is 17.6 Å². The molecule has 1 amide bonds. The number of anilines is 1. The number of hydrogen-bond donors (Lipinski definition) is 3. The highest BCUT2D eigenvalue weighted by Gasteiger charge is 2.13. The average molecular weight is 222 g/mol. The van der Waals surface area contributed by atoms with Crippen molar-refractivity contribution < 1.29 is 14.7 Å². The van der Waals surface area contributed by atoms with Crippen LogP contribution in [-0.2, 0) is 9.59 Å². The van der Waals surface area contributed by atoms with Crippen LogP contribution in [0.5, 0.6) is 0 Å². The van der Waals surface area contributed by atoms with Crippen molar-refractivity contribution in [3.63, 3.8) is 0 Å². The molecule has 0 spiro atoms. The van der Waals surface area contributed by atoms with Gasteiger partial charge in [-0.15, -0.1) is 0 Å². The van der Waals surface area contributed by atoms with Crippen molar-refractivity contribution in [2.24, 2.45) is 0 Å². The number of nitrogens with one attached hydrogen (secondary N) is 2. The van der Waals surface area contributed by atoms with Gasteiger partial charge in [0.15, 0.2) is 0 Å². The van der Waals surface area contributed by atoms with Crippen molar-refractivity contribution in [3.8, 4) is 0 Å². The number of carbonyl (C=O) groups is 2. The summed E-state index contributed by atoms with van der Waals surface area (Å²) >= 11 is 0. The van der Waals surface area contributed by atoms with Crippen LogP contribution >= 0.6 is 0 Å². The van der Waals surface area contributed by atoms with E-state index in [0.717, 1.165) is 5.69 Å². The van der Waals surface area contributed by atoms with Crippen molar-refractivity contribution in [2.45, 2.75) is 13.0 Å². The summed E-state index contributed by atoms with van der Waals surface area (Å²) in [6, 6.07) is 8.35. The van der Waals surface area contributed by atoms with E-state index in [1.807, 2.05) is 30.3 Å². The number of aliphatic carboxylic acids is 1. The summed E-state index contributed by atoms with van der Waals surface area (Å²) in [5, 5.41) is 13.8.